The molecule has 1 atom stereocenters. The predicted molar refractivity (Wildman–Crippen MR) is 105 cm³/mol. The Morgan fingerprint density at radius 1 is 1.25 bits per heavy atom. The van der Waals surface area contributed by atoms with Gasteiger partial charge in [-0.3, -0.25) is 9.69 Å². The molecular formula is C19H15ClF4N4O4. The zero-order chi connectivity index (χ0) is 24.0. The zero-order valence-corrected chi connectivity index (χ0v) is 17.3. The second-order valence-corrected chi connectivity index (χ2v) is 7.32. The summed E-state index contributed by atoms with van der Waals surface area (Å²) in [5, 5.41) is 9.01. The van der Waals surface area contributed by atoms with Crippen LogP contribution in [0.25, 0.3) is 0 Å². The Labute approximate surface area is 183 Å². The fourth-order valence-electron chi connectivity index (χ4n) is 3.18. The number of carbonyl (C=O) groups is 3. The number of anilines is 2. The number of aryl methyl sites for hydroxylation is 1. The number of carbonyl (C=O) groups excluding carboxylic acids is 2. The number of alkyl halides is 3. The molecule has 13 heteroatoms. The van der Waals surface area contributed by atoms with Gasteiger partial charge in [-0.2, -0.15) is 13.2 Å². The van der Waals surface area contributed by atoms with Crippen molar-refractivity contribution >= 4 is 41.1 Å². The lowest BCUT2D eigenvalue weighted by atomic mass is 10.1. The number of aromatic nitrogens is 1. The number of nitrogens with zero attached hydrogens (tertiary/aromatic N) is 4. The second-order valence-electron chi connectivity index (χ2n) is 6.91. The van der Waals surface area contributed by atoms with Crippen LogP contribution in [0.3, 0.4) is 0 Å². The predicted octanol–water partition coefficient (Wildman–Crippen LogP) is 4.15. The third-order valence-corrected chi connectivity index (χ3v) is 5.04. The Bertz CT molecular complexity index is 1110. The summed E-state index contributed by atoms with van der Waals surface area (Å²) in [7, 11) is 1.27. The first kappa shape index (κ1) is 23.3. The molecule has 32 heavy (non-hydrogen) atoms. The smallest absolute Gasteiger partial charge is 0.416 e. The van der Waals surface area contributed by atoms with Crippen LogP contribution in [-0.2, 0) is 11.0 Å². The summed E-state index contributed by atoms with van der Waals surface area (Å²) in [6.07, 6.45) is -6.45. The van der Waals surface area contributed by atoms with Gasteiger partial charge in [-0.1, -0.05) is 11.6 Å². The van der Waals surface area contributed by atoms with E-state index < -0.39 is 54.0 Å². The van der Waals surface area contributed by atoms with E-state index in [-0.39, 0.29) is 16.4 Å². The number of imide groups is 1. The topological polar surface area (TPSA) is 94.1 Å². The van der Waals surface area contributed by atoms with Gasteiger partial charge in [0.05, 0.1) is 17.1 Å². The lowest BCUT2D eigenvalue weighted by Gasteiger charge is -2.27. The summed E-state index contributed by atoms with van der Waals surface area (Å²) in [6, 6.07) is 1.92. The van der Waals surface area contributed by atoms with Crippen molar-refractivity contribution in [3.8, 4) is 0 Å². The second kappa shape index (κ2) is 8.26. The van der Waals surface area contributed by atoms with Crippen molar-refractivity contribution in [3.63, 3.8) is 0 Å². The standard InChI is InChI=1S/C19H15ClF4N4O4/c1-9-5-10(19(22,23)24)6-15(25-9)28-14(8-27(17(28)30)18(31)32)16(29)26(2)11-3-4-13(21)12(20)7-11/h3-7,14H,8H2,1-2H3,(H,31,32)/t14-/m0/s1. The van der Waals surface area contributed by atoms with Gasteiger partial charge in [0.25, 0.3) is 5.91 Å². The molecule has 0 unspecified atom stereocenters. The number of urea groups is 1. The van der Waals surface area contributed by atoms with E-state index in [1.807, 2.05) is 0 Å². The monoisotopic (exact) mass is 474 g/mol. The van der Waals surface area contributed by atoms with E-state index in [0.717, 1.165) is 23.1 Å². The molecule has 0 radical (unpaired) electrons. The molecule has 1 aromatic carbocycles. The van der Waals surface area contributed by atoms with Gasteiger partial charge < -0.3 is 10.0 Å². The van der Waals surface area contributed by atoms with E-state index >= 15 is 0 Å². The lowest BCUT2D eigenvalue weighted by Crippen LogP contribution is -2.47. The number of rotatable bonds is 3. The SMILES string of the molecule is Cc1cc(C(F)(F)F)cc(N2C(=O)N(C(=O)O)C[C@H]2C(=O)N(C)c2ccc(F)c(Cl)c2)n1. The van der Waals surface area contributed by atoms with E-state index in [1.54, 1.807) is 0 Å². The summed E-state index contributed by atoms with van der Waals surface area (Å²) in [4.78, 5) is 43.1. The first-order valence-corrected chi connectivity index (χ1v) is 9.31. The van der Waals surface area contributed by atoms with E-state index in [0.29, 0.717) is 15.9 Å². The molecule has 1 aromatic heterocycles. The quantitative estimate of drug-likeness (QED) is 0.674. The molecule has 170 valence electrons. The van der Waals surface area contributed by atoms with E-state index in [2.05, 4.69) is 4.98 Å². The normalized spacial score (nSPS) is 16.5. The number of pyridine rings is 1. The largest absolute Gasteiger partial charge is 0.465 e. The minimum Gasteiger partial charge on any atom is -0.465 e. The molecule has 0 spiro atoms. The number of benzene rings is 1. The number of hydrogen-bond donors (Lipinski definition) is 1. The average Bonchev–Trinajstić information content (AvgIpc) is 3.05. The van der Waals surface area contributed by atoms with Crippen LogP contribution < -0.4 is 9.80 Å². The van der Waals surface area contributed by atoms with Crippen LogP contribution in [0.15, 0.2) is 30.3 Å². The van der Waals surface area contributed by atoms with Crippen LogP contribution in [-0.4, -0.2) is 52.7 Å². The molecular weight excluding hydrogens is 460 g/mol. The number of hydrogen-bond acceptors (Lipinski definition) is 4. The van der Waals surface area contributed by atoms with Gasteiger partial charge in [-0.25, -0.2) is 23.9 Å². The van der Waals surface area contributed by atoms with Crippen molar-refractivity contribution < 1.29 is 37.1 Å². The van der Waals surface area contributed by atoms with Crippen molar-refractivity contribution in [1.82, 2.24) is 9.88 Å². The number of carboxylic acid groups (broad SMARTS) is 1. The molecule has 4 amide bonds. The van der Waals surface area contributed by atoms with Crippen LogP contribution in [0, 0.1) is 12.7 Å². The van der Waals surface area contributed by atoms with Crippen LogP contribution >= 0.6 is 11.6 Å². The van der Waals surface area contributed by atoms with Gasteiger partial charge in [0, 0.05) is 18.4 Å². The zero-order valence-electron chi connectivity index (χ0n) is 16.5. The highest BCUT2D eigenvalue weighted by atomic mass is 35.5. The number of halogens is 5. The minimum atomic E-state index is -4.77. The van der Waals surface area contributed by atoms with Gasteiger partial charge in [-0.05, 0) is 37.3 Å². The van der Waals surface area contributed by atoms with Crippen LogP contribution in [0.1, 0.15) is 11.3 Å². The molecule has 2 aromatic rings. The van der Waals surface area contributed by atoms with Gasteiger partial charge >= 0.3 is 18.3 Å². The molecule has 3 rings (SSSR count). The highest BCUT2D eigenvalue weighted by Gasteiger charge is 2.47. The summed E-state index contributed by atoms with van der Waals surface area (Å²) in [6.45, 7) is 0.612. The van der Waals surface area contributed by atoms with E-state index in [1.165, 1.54) is 20.0 Å². The van der Waals surface area contributed by atoms with Gasteiger partial charge in [0.1, 0.15) is 17.7 Å². The summed E-state index contributed by atoms with van der Waals surface area (Å²) in [5.74, 6) is -2.12. The molecule has 1 fully saturated rings. The summed E-state index contributed by atoms with van der Waals surface area (Å²) >= 11 is 5.73. The lowest BCUT2D eigenvalue weighted by molar-refractivity contribution is -0.137. The molecule has 1 saturated heterocycles. The Morgan fingerprint density at radius 3 is 2.47 bits per heavy atom. The average molecular weight is 475 g/mol. The first-order chi connectivity index (χ1) is 14.8. The first-order valence-electron chi connectivity index (χ1n) is 8.93. The fourth-order valence-corrected chi connectivity index (χ4v) is 3.36. The Hall–Kier alpha value is -3.41. The van der Waals surface area contributed by atoms with Gasteiger partial charge in [-0.15, -0.1) is 0 Å². The van der Waals surface area contributed by atoms with Crippen molar-refractivity contribution in [2.45, 2.75) is 19.1 Å². The molecule has 0 bridgehead atoms. The maximum Gasteiger partial charge on any atom is 0.416 e. The van der Waals surface area contributed by atoms with Crippen molar-refractivity contribution in [2.24, 2.45) is 0 Å². The highest BCUT2D eigenvalue weighted by Crippen LogP contribution is 2.34. The van der Waals surface area contributed by atoms with Crippen LogP contribution in [0.5, 0.6) is 0 Å². The molecule has 1 N–H and O–H groups in total. The Kier molecular flexibility index (Phi) is 6.00. The number of amides is 4. The Balaban J connectivity index is 2.06. The van der Waals surface area contributed by atoms with Crippen molar-refractivity contribution in [2.75, 3.05) is 23.4 Å². The van der Waals surface area contributed by atoms with Crippen LogP contribution in [0.4, 0.5) is 38.7 Å². The third-order valence-electron chi connectivity index (χ3n) is 4.76. The van der Waals surface area contributed by atoms with Crippen molar-refractivity contribution in [3.05, 3.63) is 52.4 Å². The van der Waals surface area contributed by atoms with Crippen LogP contribution in [0.2, 0.25) is 5.02 Å². The highest BCUT2D eigenvalue weighted by molar-refractivity contribution is 6.31. The fraction of sp³-hybridized carbons (Fsp3) is 0.263. The minimum absolute atomic E-state index is 0.0960. The molecule has 2 heterocycles. The molecule has 0 saturated carbocycles. The van der Waals surface area contributed by atoms with Gasteiger partial charge in [0.2, 0.25) is 0 Å². The maximum atomic E-state index is 13.5. The maximum absolute atomic E-state index is 13.5. The summed E-state index contributed by atoms with van der Waals surface area (Å²) < 4.78 is 53.2. The Morgan fingerprint density at radius 2 is 1.91 bits per heavy atom. The third kappa shape index (κ3) is 4.31. The van der Waals surface area contributed by atoms with Crippen molar-refractivity contribution in [1.29, 1.82) is 0 Å². The molecule has 1 aliphatic rings. The molecule has 1 aliphatic heterocycles. The summed E-state index contributed by atoms with van der Waals surface area (Å²) in [5.41, 5.74) is -1.09. The number of likely N-dealkylation sites (N-methyl/N-ethyl adjacent to an activating group) is 1. The van der Waals surface area contributed by atoms with Gasteiger partial charge in [0.15, 0.2) is 0 Å². The molecule has 0 aliphatic carbocycles. The van der Waals surface area contributed by atoms with E-state index in [9.17, 15) is 37.1 Å². The molecule has 8 nitrogen and oxygen atoms in total. The van der Waals surface area contributed by atoms with E-state index in [4.69, 9.17) is 11.6 Å².